The number of hydrogen-bond acceptors (Lipinski definition) is 3. The highest BCUT2D eigenvalue weighted by atomic mass is 32.2. The molecule has 2 aromatic carbocycles. The second-order valence-corrected chi connectivity index (χ2v) is 7.68. The van der Waals surface area contributed by atoms with Crippen molar-refractivity contribution in [1.29, 1.82) is 0 Å². The Balaban J connectivity index is 2.24. The standard InChI is InChI=1S/C18H22N2O3S/c1-12-8-9-13(2)17(10-12)14(3)20-18(21)15-6-5-7-16(11-15)24(22,23)19-4/h5-11,14,19H,1-4H3,(H,20,21). The minimum atomic E-state index is -3.58. The van der Waals surface area contributed by atoms with Crippen LogP contribution < -0.4 is 10.0 Å². The third-order valence-electron chi connectivity index (χ3n) is 3.92. The summed E-state index contributed by atoms with van der Waals surface area (Å²) < 4.78 is 26.0. The molecule has 0 bridgehead atoms. The number of rotatable bonds is 5. The van der Waals surface area contributed by atoms with Gasteiger partial charge in [-0.15, -0.1) is 0 Å². The lowest BCUT2D eigenvalue weighted by Crippen LogP contribution is -2.27. The predicted octanol–water partition coefficient (Wildman–Crippen LogP) is 2.70. The molecule has 0 heterocycles. The smallest absolute Gasteiger partial charge is 0.251 e. The summed E-state index contributed by atoms with van der Waals surface area (Å²) in [4.78, 5) is 12.5. The molecular weight excluding hydrogens is 324 g/mol. The highest BCUT2D eigenvalue weighted by Crippen LogP contribution is 2.20. The molecule has 0 aliphatic heterocycles. The molecule has 0 aliphatic rings. The van der Waals surface area contributed by atoms with E-state index in [0.29, 0.717) is 5.56 Å². The fourth-order valence-electron chi connectivity index (χ4n) is 2.51. The van der Waals surface area contributed by atoms with Crippen LogP contribution in [-0.2, 0) is 10.0 Å². The van der Waals surface area contributed by atoms with E-state index in [4.69, 9.17) is 0 Å². The van der Waals surface area contributed by atoms with Crippen LogP contribution in [0.1, 0.15) is 40.0 Å². The van der Waals surface area contributed by atoms with Gasteiger partial charge in [-0.05, 0) is 57.1 Å². The van der Waals surface area contributed by atoms with E-state index in [9.17, 15) is 13.2 Å². The monoisotopic (exact) mass is 346 g/mol. The van der Waals surface area contributed by atoms with Crippen molar-refractivity contribution in [2.75, 3.05) is 7.05 Å². The minimum absolute atomic E-state index is 0.0667. The zero-order valence-electron chi connectivity index (χ0n) is 14.3. The topological polar surface area (TPSA) is 75.3 Å². The van der Waals surface area contributed by atoms with Crippen LogP contribution in [0.25, 0.3) is 0 Å². The lowest BCUT2D eigenvalue weighted by atomic mass is 10.00. The van der Waals surface area contributed by atoms with Gasteiger partial charge < -0.3 is 5.32 Å². The first kappa shape index (κ1) is 18.2. The van der Waals surface area contributed by atoms with Crippen molar-refractivity contribution in [3.63, 3.8) is 0 Å². The van der Waals surface area contributed by atoms with E-state index < -0.39 is 10.0 Å². The first-order chi connectivity index (χ1) is 11.2. The molecule has 0 aromatic heterocycles. The summed E-state index contributed by atoms with van der Waals surface area (Å²) in [6, 6.07) is 11.9. The number of carbonyl (C=O) groups excluding carboxylic acids is 1. The summed E-state index contributed by atoms with van der Waals surface area (Å²) in [5, 5.41) is 2.92. The SMILES string of the molecule is CNS(=O)(=O)c1cccc(C(=O)NC(C)c2cc(C)ccc2C)c1. The number of aryl methyl sites for hydroxylation is 2. The summed E-state index contributed by atoms with van der Waals surface area (Å²) in [5.74, 6) is -0.309. The van der Waals surface area contributed by atoms with Crippen molar-refractivity contribution in [2.45, 2.75) is 31.7 Å². The second-order valence-electron chi connectivity index (χ2n) is 5.79. The van der Waals surface area contributed by atoms with Crippen molar-refractivity contribution in [2.24, 2.45) is 0 Å². The van der Waals surface area contributed by atoms with Gasteiger partial charge in [0.25, 0.3) is 5.91 Å². The number of benzene rings is 2. The Morgan fingerprint density at radius 2 is 1.79 bits per heavy atom. The first-order valence-corrected chi connectivity index (χ1v) is 9.14. The number of nitrogens with one attached hydrogen (secondary N) is 2. The predicted molar refractivity (Wildman–Crippen MR) is 94.5 cm³/mol. The molecule has 2 aromatic rings. The zero-order valence-corrected chi connectivity index (χ0v) is 15.1. The van der Waals surface area contributed by atoms with Gasteiger partial charge in [-0.3, -0.25) is 4.79 Å². The molecule has 0 spiro atoms. The molecule has 0 saturated heterocycles. The largest absolute Gasteiger partial charge is 0.346 e. The molecular formula is C18H22N2O3S. The van der Waals surface area contributed by atoms with Crippen LogP contribution >= 0.6 is 0 Å². The third kappa shape index (κ3) is 4.01. The van der Waals surface area contributed by atoms with Gasteiger partial charge >= 0.3 is 0 Å². The van der Waals surface area contributed by atoms with Crippen LogP contribution in [0, 0.1) is 13.8 Å². The van der Waals surface area contributed by atoms with E-state index in [0.717, 1.165) is 16.7 Å². The Morgan fingerprint density at radius 3 is 2.46 bits per heavy atom. The minimum Gasteiger partial charge on any atom is -0.346 e. The molecule has 2 N–H and O–H groups in total. The highest BCUT2D eigenvalue weighted by Gasteiger charge is 2.17. The lowest BCUT2D eigenvalue weighted by Gasteiger charge is -2.17. The molecule has 0 aliphatic carbocycles. The average molecular weight is 346 g/mol. The molecule has 6 heteroatoms. The van der Waals surface area contributed by atoms with Gasteiger partial charge in [-0.25, -0.2) is 13.1 Å². The van der Waals surface area contributed by atoms with Crippen LogP contribution in [0.5, 0.6) is 0 Å². The van der Waals surface area contributed by atoms with Crippen LogP contribution in [0.2, 0.25) is 0 Å². The Bertz CT molecular complexity index is 860. The van der Waals surface area contributed by atoms with Crippen LogP contribution in [-0.4, -0.2) is 21.4 Å². The second kappa shape index (κ2) is 7.15. The Hall–Kier alpha value is -2.18. The molecule has 5 nitrogen and oxygen atoms in total. The summed E-state index contributed by atoms with van der Waals surface area (Å²) in [7, 11) is -2.24. The lowest BCUT2D eigenvalue weighted by molar-refractivity contribution is 0.0939. The van der Waals surface area contributed by atoms with E-state index in [1.165, 1.54) is 19.2 Å². The molecule has 0 radical (unpaired) electrons. The van der Waals surface area contributed by atoms with Crippen LogP contribution in [0.15, 0.2) is 47.4 Å². The van der Waals surface area contributed by atoms with E-state index in [2.05, 4.69) is 10.0 Å². The van der Waals surface area contributed by atoms with E-state index >= 15 is 0 Å². The molecule has 128 valence electrons. The average Bonchev–Trinajstić information content (AvgIpc) is 2.57. The third-order valence-corrected chi connectivity index (χ3v) is 5.34. The normalized spacial score (nSPS) is 12.7. The Labute approximate surface area is 143 Å². The Kier molecular flexibility index (Phi) is 5.41. The number of amides is 1. The summed E-state index contributed by atoms with van der Waals surface area (Å²) in [6.07, 6.45) is 0. The molecule has 1 atom stereocenters. The van der Waals surface area contributed by atoms with Gasteiger partial charge in [-0.2, -0.15) is 0 Å². The summed E-state index contributed by atoms with van der Waals surface area (Å²) in [5.41, 5.74) is 3.57. The fourth-order valence-corrected chi connectivity index (χ4v) is 3.28. The van der Waals surface area contributed by atoms with Gasteiger partial charge in [0.2, 0.25) is 10.0 Å². The highest BCUT2D eigenvalue weighted by molar-refractivity contribution is 7.89. The van der Waals surface area contributed by atoms with Gasteiger partial charge in [0.15, 0.2) is 0 Å². The van der Waals surface area contributed by atoms with Gasteiger partial charge in [0.05, 0.1) is 10.9 Å². The molecule has 2 rings (SSSR count). The van der Waals surface area contributed by atoms with E-state index in [1.54, 1.807) is 12.1 Å². The summed E-state index contributed by atoms with van der Waals surface area (Å²) >= 11 is 0. The number of sulfonamides is 1. The maximum Gasteiger partial charge on any atom is 0.251 e. The molecule has 24 heavy (non-hydrogen) atoms. The van der Waals surface area contributed by atoms with Gasteiger partial charge in [-0.1, -0.05) is 29.8 Å². The molecule has 0 saturated carbocycles. The van der Waals surface area contributed by atoms with Crippen LogP contribution in [0.4, 0.5) is 0 Å². The fraction of sp³-hybridized carbons (Fsp3) is 0.278. The van der Waals surface area contributed by atoms with E-state index in [1.807, 2.05) is 39.0 Å². The zero-order chi connectivity index (χ0) is 17.9. The van der Waals surface area contributed by atoms with Gasteiger partial charge in [0.1, 0.15) is 0 Å². The maximum absolute atomic E-state index is 12.5. The maximum atomic E-state index is 12.5. The molecule has 0 fully saturated rings. The van der Waals surface area contributed by atoms with Crippen molar-refractivity contribution >= 4 is 15.9 Å². The van der Waals surface area contributed by atoms with E-state index in [-0.39, 0.29) is 16.8 Å². The summed E-state index contributed by atoms with van der Waals surface area (Å²) in [6.45, 7) is 5.91. The number of hydrogen-bond donors (Lipinski definition) is 2. The Morgan fingerprint density at radius 1 is 1.08 bits per heavy atom. The number of carbonyl (C=O) groups is 1. The van der Waals surface area contributed by atoms with Crippen LogP contribution in [0.3, 0.4) is 0 Å². The van der Waals surface area contributed by atoms with Crippen molar-refractivity contribution in [3.05, 3.63) is 64.7 Å². The van der Waals surface area contributed by atoms with Crippen molar-refractivity contribution < 1.29 is 13.2 Å². The van der Waals surface area contributed by atoms with Crippen molar-refractivity contribution in [1.82, 2.24) is 10.0 Å². The molecule has 1 amide bonds. The molecule has 1 unspecified atom stereocenters. The van der Waals surface area contributed by atoms with Crippen molar-refractivity contribution in [3.8, 4) is 0 Å². The quantitative estimate of drug-likeness (QED) is 0.874. The first-order valence-electron chi connectivity index (χ1n) is 7.66. The van der Waals surface area contributed by atoms with Gasteiger partial charge in [0, 0.05) is 5.56 Å².